The van der Waals surface area contributed by atoms with Crippen molar-refractivity contribution >= 4 is 11.6 Å². The Labute approximate surface area is 117 Å². The van der Waals surface area contributed by atoms with E-state index in [0.29, 0.717) is 0 Å². The summed E-state index contributed by atoms with van der Waals surface area (Å²) in [7, 11) is 0. The van der Waals surface area contributed by atoms with E-state index in [1.54, 1.807) is 6.07 Å². The molecule has 5 nitrogen and oxygen atoms in total. The van der Waals surface area contributed by atoms with Crippen LogP contribution in [0.4, 0.5) is 10.1 Å². The highest BCUT2D eigenvalue weighted by Gasteiger charge is 2.15. The van der Waals surface area contributed by atoms with Crippen LogP contribution in [0.5, 0.6) is 0 Å². The highest BCUT2D eigenvalue weighted by molar-refractivity contribution is 5.93. The van der Waals surface area contributed by atoms with Gasteiger partial charge < -0.3 is 10.6 Å². The molecule has 1 aliphatic rings. The van der Waals surface area contributed by atoms with Crippen LogP contribution in [0, 0.1) is 17.1 Å². The van der Waals surface area contributed by atoms with E-state index in [0.717, 1.165) is 32.6 Å². The number of nitrogens with one attached hydrogen (secondary N) is 2. The van der Waals surface area contributed by atoms with Crippen LogP contribution < -0.4 is 10.6 Å². The number of anilines is 1. The first-order chi connectivity index (χ1) is 9.70. The molecule has 1 aromatic carbocycles. The molecule has 0 saturated carbocycles. The highest BCUT2D eigenvalue weighted by Crippen LogP contribution is 2.17. The van der Waals surface area contributed by atoms with Crippen LogP contribution in [0.2, 0.25) is 0 Å². The van der Waals surface area contributed by atoms with Crippen molar-refractivity contribution in [2.45, 2.75) is 6.42 Å². The number of carbonyl (C=O) groups is 1. The number of hydrogen-bond acceptors (Lipinski definition) is 4. The number of halogens is 1. The minimum atomic E-state index is -0.621. The molecular formula is C14H17FN4O. The van der Waals surface area contributed by atoms with Crippen LogP contribution in [0.3, 0.4) is 0 Å². The van der Waals surface area contributed by atoms with E-state index in [-0.39, 0.29) is 23.7 Å². The molecular weight excluding hydrogens is 259 g/mol. The van der Waals surface area contributed by atoms with E-state index in [1.807, 2.05) is 4.90 Å². The first-order valence-electron chi connectivity index (χ1n) is 6.62. The molecule has 0 aliphatic carbocycles. The molecule has 2 rings (SSSR count). The van der Waals surface area contributed by atoms with Gasteiger partial charge in [0, 0.05) is 13.1 Å². The smallest absolute Gasteiger partial charge is 0.238 e. The lowest BCUT2D eigenvalue weighted by molar-refractivity contribution is -0.117. The lowest BCUT2D eigenvalue weighted by Gasteiger charge is -2.18. The SMILES string of the molecule is N#Cc1c(F)cccc1NC(=O)CN1CCCNCC1. The summed E-state index contributed by atoms with van der Waals surface area (Å²) in [5, 5.41) is 14.8. The van der Waals surface area contributed by atoms with Crippen LogP contribution in [0.1, 0.15) is 12.0 Å². The monoisotopic (exact) mass is 276 g/mol. The Balaban J connectivity index is 1.98. The summed E-state index contributed by atoms with van der Waals surface area (Å²) >= 11 is 0. The number of hydrogen-bond donors (Lipinski definition) is 2. The van der Waals surface area contributed by atoms with Gasteiger partial charge in [0.05, 0.1) is 12.2 Å². The molecule has 0 aromatic heterocycles. The zero-order chi connectivity index (χ0) is 14.4. The number of carbonyl (C=O) groups excluding carboxylic acids is 1. The summed E-state index contributed by atoms with van der Waals surface area (Å²) in [5.74, 6) is -0.849. The topological polar surface area (TPSA) is 68.2 Å². The van der Waals surface area contributed by atoms with Crippen molar-refractivity contribution in [1.29, 1.82) is 5.26 Å². The van der Waals surface area contributed by atoms with E-state index in [9.17, 15) is 9.18 Å². The molecule has 1 aromatic rings. The average molecular weight is 276 g/mol. The van der Waals surface area contributed by atoms with E-state index in [4.69, 9.17) is 5.26 Å². The maximum absolute atomic E-state index is 13.4. The second-order valence-electron chi connectivity index (χ2n) is 4.70. The summed E-state index contributed by atoms with van der Waals surface area (Å²) in [6.45, 7) is 3.73. The van der Waals surface area contributed by atoms with Crippen molar-refractivity contribution in [2.75, 3.05) is 38.0 Å². The van der Waals surface area contributed by atoms with Gasteiger partial charge in [-0.2, -0.15) is 5.26 Å². The summed E-state index contributed by atoms with van der Waals surface area (Å²) in [4.78, 5) is 14.0. The summed E-state index contributed by atoms with van der Waals surface area (Å²) in [6.07, 6.45) is 0.997. The number of nitriles is 1. The van der Waals surface area contributed by atoms with E-state index < -0.39 is 5.82 Å². The Morgan fingerprint density at radius 2 is 2.30 bits per heavy atom. The van der Waals surface area contributed by atoms with E-state index in [2.05, 4.69) is 10.6 Å². The van der Waals surface area contributed by atoms with Crippen LogP contribution >= 0.6 is 0 Å². The predicted octanol–water partition coefficient (Wildman–Crippen LogP) is 0.931. The van der Waals surface area contributed by atoms with Crippen LogP contribution in [0.25, 0.3) is 0 Å². The molecule has 1 heterocycles. The summed E-state index contributed by atoms with van der Waals surface area (Å²) < 4.78 is 13.4. The first kappa shape index (κ1) is 14.4. The fraction of sp³-hybridized carbons (Fsp3) is 0.429. The number of benzene rings is 1. The normalized spacial score (nSPS) is 16.2. The van der Waals surface area contributed by atoms with Gasteiger partial charge in [-0.1, -0.05) is 6.07 Å². The molecule has 1 amide bonds. The highest BCUT2D eigenvalue weighted by atomic mass is 19.1. The Morgan fingerprint density at radius 1 is 1.45 bits per heavy atom. The Bertz CT molecular complexity index is 518. The maximum Gasteiger partial charge on any atom is 0.238 e. The average Bonchev–Trinajstić information content (AvgIpc) is 2.67. The molecule has 6 heteroatoms. The molecule has 0 atom stereocenters. The van der Waals surface area contributed by atoms with Gasteiger partial charge in [0.15, 0.2) is 0 Å². The molecule has 0 unspecified atom stereocenters. The molecule has 2 N–H and O–H groups in total. The molecule has 0 radical (unpaired) electrons. The molecule has 1 saturated heterocycles. The third kappa shape index (κ3) is 3.76. The third-order valence-corrected chi connectivity index (χ3v) is 3.20. The van der Waals surface area contributed by atoms with Gasteiger partial charge in [-0.05, 0) is 31.6 Å². The fourth-order valence-electron chi connectivity index (χ4n) is 2.19. The quantitative estimate of drug-likeness (QED) is 0.862. The third-order valence-electron chi connectivity index (χ3n) is 3.20. The Morgan fingerprint density at radius 3 is 3.10 bits per heavy atom. The van der Waals surface area contributed by atoms with Gasteiger partial charge in [0.2, 0.25) is 5.91 Å². The largest absolute Gasteiger partial charge is 0.324 e. The number of rotatable bonds is 3. The van der Waals surface area contributed by atoms with Gasteiger partial charge in [0.1, 0.15) is 17.4 Å². The van der Waals surface area contributed by atoms with Gasteiger partial charge >= 0.3 is 0 Å². The van der Waals surface area contributed by atoms with Crippen molar-refractivity contribution in [2.24, 2.45) is 0 Å². The Kier molecular flexibility index (Phi) is 5.04. The summed E-state index contributed by atoms with van der Waals surface area (Å²) in [6, 6.07) is 5.98. The van der Waals surface area contributed by atoms with Gasteiger partial charge in [0.25, 0.3) is 0 Å². The standard InChI is InChI=1S/C14H17FN4O/c15-12-3-1-4-13(11(12)9-16)18-14(20)10-19-7-2-5-17-6-8-19/h1,3-4,17H,2,5-8,10H2,(H,18,20). The fourth-order valence-corrected chi connectivity index (χ4v) is 2.19. The van der Waals surface area contributed by atoms with Gasteiger partial charge in [-0.3, -0.25) is 9.69 Å². The summed E-state index contributed by atoms with van der Waals surface area (Å²) in [5.41, 5.74) is 0.101. The first-order valence-corrected chi connectivity index (χ1v) is 6.62. The molecule has 0 spiro atoms. The number of amides is 1. The van der Waals surface area contributed by atoms with Crippen LogP contribution in [0.15, 0.2) is 18.2 Å². The van der Waals surface area contributed by atoms with Crippen molar-refractivity contribution in [3.05, 3.63) is 29.6 Å². The number of nitrogens with zero attached hydrogens (tertiary/aromatic N) is 2. The lowest BCUT2D eigenvalue weighted by Crippen LogP contribution is -2.35. The Hall–Kier alpha value is -1.97. The molecule has 20 heavy (non-hydrogen) atoms. The molecule has 0 bridgehead atoms. The predicted molar refractivity (Wildman–Crippen MR) is 73.7 cm³/mol. The zero-order valence-electron chi connectivity index (χ0n) is 11.2. The van der Waals surface area contributed by atoms with E-state index >= 15 is 0 Å². The van der Waals surface area contributed by atoms with Crippen molar-refractivity contribution in [3.63, 3.8) is 0 Å². The second-order valence-corrected chi connectivity index (χ2v) is 4.70. The van der Waals surface area contributed by atoms with Crippen LogP contribution in [-0.4, -0.2) is 43.5 Å². The lowest BCUT2D eigenvalue weighted by atomic mass is 10.2. The van der Waals surface area contributed by atoms with Crippen molar-refractivity contribution in [1.82, 2.24) is 10.2 Å². The van der Waals surface area contributed by atoms with Crippen LogP contribution in [-0.2, 0) is 4.79 Å². The van der Waals surface area contributed by atoms with Gasteiger partial charge in [-0.15, -0.1) is 0 Å². The minimum absolute atomic E-state index is 0.126. The molecule has 1 aliphatic heterocycles. The van der Waals surface area contributed by atoms with E-state index in [1.165, 1.54) is 18.2 Å². The minimum Gasteiger partial charge on any atom is -0.324 e. The van der Waals surface area contributed by atoms with Crippen molar-refractivity contribution in [3.8, 4) is 6.07 Å². The maximum atomic E-state index is 13.4. The van der Waals surface area contributed by atoms with Crippen molar-refractivity contribution < 1.29 is 9.18 Å². The molecule has 1 fully saturated rings. The zero-order valence-corrected chi connectivity index (χ0v) is 11.2. The molecule has 106 valence electrons. The van der Waals surface area contributed by atoms with Gasteiger partial charge in [-0.25, -0.2) is 4.39 Å². The second kappa shape index (κ2) is 6.98.